The zero-order valence-corrected chi connectivity index (χ0v) is 13.7. The third kappa shape index (κ3) is 3.07. The highest BCUT2D eigenvalue weighted by atomic mass is 79.9. The van der Waals surface area contributed by atoms with Crippen molar-refractivity contribution in [3.05, 3.63) is 34.1 Å². The number of aliphatic hydroxyl groups is 1. The zero-order valence-electron chi connectivity index (χ0n) is 12.1. The largest absolute Gasteiger partial charge is 0.392 e. The van der Waals surface area contributed by atoms with Gasteiger partial charge in [-0.25, -0.2) is 4.39 Å². The molecule has 0 radical (unpaired) electrons. The van der Waals surface area contributed by atoms with Crippen LogP contribution in [0.15, 0.2) is 22.7 Å². The molecule has 3 N–H and O–H groups in total. The van der Waals surface area contributed by atoms with Crippen molar-refractivity contribution in [2.24, 2.45) is 16.6 Å². The van der Waals surface area contributed by atoms with E-state index >= 15 is 0 Å². The molecule has 0 bridgehead atoms. The number of hydrogen-bond acceptors (Lipinski definition) is 2. The van der Waals surface area contributed by atoms with E-state index in [1.165, 1.54) is 12.1 Å². The van der Waals surface area contributed by atoms with Crippen molar-refractivity contribution in [3.8, 4) is 0 Å². The van der Waals surface area contributed by atoms with Gasteiger partial charge in [-0.15, -0.1) is 0 Å². The third-order valence-corrected chi connectivity index (χ3v) is 5.16. The van der Waals surface area contributed by atoms with Gasteiger partial charge in [-0.2, -0.15) is 0 Å². The molecule has 4 heteroatoms. The van der Waals surface area contributed by atoms with Gasteiger partial charge in [0.15, 0.2) is 0 Å². The van der Waals surface area contributed by atoms with Crippen LogP contribution in [0.3, 0.4) is 0 Å². The molecule has 2 unspecified atom stereocenters. The number of aliphatic hydroxyl groups excluding tert-OH is 1. The molecule has 2 nitrogen and oxygen atoms in total. The van der Waals surface area contributed by atoms with E-state index in [-0.39, 0.29) is 16.6 Å². The second-order valence-corrected chi connectivity index (χ2v) is 7.68. The molecule has 1 saturated carbocycles. The van der Waals surface area contributed by atoms with Crippen molar-refractivity contribution >= 4 is 15.9 Å². The first-order valence-corrected chi connectivity index (χ1v) is 7.91. The minimum Gasteiger partial charge on any atom is -0.392 e. The topological polar surface area (TPSA) is 46.2 Å². The Morgan fingerprint density at radius 2 is 2.05 bits per heavy atom. The third-order valence-electron chi connectivity index (χ3n) is 4.70. The molecule has 0 aromatic heterocycles. The van der Waals surface area contributed by atoms with Gasteiger partial charge in [0, 0.05) is 16.4 Å². The Morgan fingerprint density at radius 1 is 1.35 bits per heavy atom. The molecule has 1 fully saturated rings. The predicted molar refractivity (Wildman–Crippen MR) is 82.9 cm³/mol. The van der Waals surface area contributed by atoms with Crippen molar-refractivity contribution in [2.45, 2.75) is 45.6 Å². The van der Waals surface area contributed by atoms with Gasteiger partial charge < -0.3 is 10.8 Å². The molecule has 20 heavy (non-hydrogen) atoms. The van der Waals surface area contributed by atoms with Crippen LogP contribution >= 0.6 is 15.9 Å². The quantitative estimate of drug-likeness (QED) is 0.879. The van der Waals surface area contributed by atoms with Crippen LogP contribution in [-0.2, 0) is 6.42 Å². The van der Waals surface area contributed by atoms with Gasteiger partial charge in [0.05, 0.1) is 6.10 Å². The highest BCUT2D eigenvalue weighted by Gasteiger charge is 2.47. The first-order chi connectivity index (χ1) is 9.29. The average Bonchev–Trinajstić information content (AvgIpc) is 2.34. The van der Waals surface area contributed by atoms with Gasteiger partial charge in [-0.3, -0.25) is 0 Å². The number of benzene rings is 1. The summed E-state index contributed by atoms with van der Waals surface area (Å²) < 4.78 is 14.3. The summed E-state index contributed by atoms with van der Waals surface area (Å²) >= 11 is 3.32. The molecule has 1 aliphatic carbocycles. The first-order valence-electron chi connectivity index (χ1n) is 7.12. The molecule has 1 aromatic rings. The molecule has 0 spiro atoms. The second-order valence-electron chi connectivity index (χ2n) is 6.77. The molecule has 2 atom stereocenters. The molecule has 0 saturated heterocycles. The van der Waals surface area contributed by atoms with Crippen LogP contribution in [-0.4, -0.2) is 17.8 Å². The number of nitrogens with two attached hydrogens (primary N) is 1. The predicted octanol–water partition coefficient (Wildman–Crippen LogP) is 3.65. The summed E-state index contributed by atoms with van der Waals surface area (Å²) in [6.07, 6.45) is 3.10. The van der Waals surface area contributed by atoms with Crippen LogP contribution in [0.4, 0.5) is 4.39 Å². The van der Waals surface area contributed by atoms with E-state index in [4.69, 9.17) is 5.73 Å². The lowest BCUT2D eigenvalue weighted by atomic mass is 9.59. The first kappa shape index (κ1) is 15.9. The molecule has 0 heterocycles. The van der Waals surface area contributed by atoms with E-state index < -0.39 is 6.10 Å². The Morgan fingerprint density at radius 3 is 2.65 bits per heavy atom. The smallest absolute Gasteiger partial charge is 0.124 e. The van der Waals surface area contributed by atoms with Gasteiger partial charge in [0.1, 0.15) is 5.82 Å². The van der Waals surface area contributed by atoms with Gasteiger partial charge in [-0.05, 0) is 48.4 Å². The molecule has 112 valence electrons. The summed E-state index contributed by atoms with van der Waals surface area (Å²) in [6.45, 7) is 4.59. The molecular formula is C16H23BrFNO. The summed E-state index contributed by atoms with van der Waals surface area (Å²) in [5.41, 5.74) is 6.41. The fourth-order valence-electron chi connectivity index (χ4n) is 3.59. The standard InChI is InChI=1S/C16H23BrFNO/c1-15(2)4-3-5-16(10-19,14(15)20)9-11-6-12(17)8-13(18)7-11/h6-8,14,20H,3-5,9-10,19H2,1-2H3. The van der Waals surface area contributed by atoms with Crippen LogP contribution in [0, 0.1) is 16.6 Å². The summed E-state index contributed by atoms with van der Waals surface area (Å²) in [4.78, 5) is 0. The highest BCUT2D eigenvalue weighted by molar-refractivity contribution is 9.10. The lowest BCUT2D eigenvalue weighted by Gasteiger charge is -2.49. The van der Waals surface area contributed by atoms with Crippen molar-refractivity contribution in [2.75, 3.05) is 6.54 Å². The number of halogens is 2. The van der Waals surface area contributed by atoms with E-state index in [0.29, 0.717) is 13.0 Å². The maximum atomic E-state index is 13.5. The van der Waals surface area contributed by atoms with E-state index in [9.17, 15) is 9.50 Å². The van der Waals surface area contributed by atoms with Gasteiger partial charge in [0.25, 0.3) is 0 Å². The van der Waals surface area contributed by atoms with Gasteiger partial charge in [-0.1, -0.05) is 36.2 Å². The van der Waals surface area contributed by atoms with Crippen molar-refractivity contribution in [1.82, 2.24) is 0 Å². The molecule has 1 aliphatic rings. The fraction of sp³-hybridized carbons (Fsp3) is 0.625. The van der Waals surface area contributed by atoms with Crippen LogP contribution in [0.1, 0.15) is 38.7 Å². The van der Waals surface area contributed by atoms with Crippen molar-refractivity contribution < 1.29 is 9.50 Å². The summed E-state index contributed by atoms with van der Waals surface area (Å²) in [7, 11) is 0. The molecule has 0 aliphatic heterocycles. The van der Waals surface area contributed by atoms with Crippen LogP contribution < -0.4 is 5.73 Å². The zero-order chi connectivity index (χ0) is 15.0. The van der Waals surface area contributed by atoms with Gasteiger partial charge >= 0.3 is 0 Å². The van der Waals surface area contributed by atoms with E-state index in [0.717, 1.165) is 29.3 Å². The average molecular weight is 344 g/mol. The van der Waals surface area contributed by atoms with Crippen LogP contribution in [0.25, 0.3) is 0 Å². The maximum Gasteiger partial charge on any atom is 0.124 e. The van der Waals surface area contributed by atoms with Crippen molar-refractivity contribution in [1.29, 1.82) is 0 Å². The highest BCUT2D eigenvalue weighted by Crippen LogP contribution is 2.47. The minimum atomic E-state index is -0.462. The number of rotatable bonds is 3. The molecular weight excluding hydrogens is 321 g/mol. The minimum absolute atomic E-state index is 0.137. The normalized spacial score (nSPS) is 29.4. The Balaban J connectivity index is 2.31. The summed E-state index contributed by atoms with van der Waals surface area (Å²) in [5, 5.41) is 10.8. The van der Waals surface area contributed by atoms with Crippen LogP contribution in [0.2, 0.25) is 0 Å². The van der Waals surface area contributed by atoms with E-state index in [1.807, 2.05) is 6.07 Å². The molecule has 1 aromatic carbocycles. The van der Waals surface area contributed by atoms with Crippen LogP contribution in [0.5, 0.6) is 0 Å². The van der Waals surface area contributed by atoms with Gasteiger partial charge in [0.2, 0.25) is 0 Å². The lowest BCUT2D eigenvalue weighted by Crippen LogP contribution is -2.53. The Bertz CT molecular complexity index is 471. The second kappa shape index (κ2) is 5.74. The SMILES string of the molecule is CC1(C)CCCC(CN)(Cc2cc(F)cc(Br)c2)C1O. The summed E-state index contributed by atoms with van der Waals surface area (Å²) in [6, 6.07) is 4.89. The molecule has 2 rings (SSSR count). The Labute approximate surface area is 128 Å². The maximum absolute atomic E-state index is 13.5. The van der Waals surface area contributed by atoms with E-state index in [1.54, 1.807) is 0 Å². The van der Waals surface area contributed by atoms with E-state index in [2.05, 4.69) is 29.8 Å². The monoisotopic (exact) mass is 343 g/mol. The Hall–Kier alpha value is -0.450. The number of hydrogen-bond donors (Lipinski definition) is 2. The Kier molecular flexibility index (Phi) is 4.57. The fourth-order valence-corrected chi connectivity index (χ4v) is 4.10. The van der Waals surface area contributed by atoms with Crippen molar-refractivity contribution in [3.63, 3.8) is 0 Å². The molecule has 0 amide bonds. The lowest BCUT2D eigenvalue weighted by molar-refractivity contribution is -0.0885. The summed E-state index contributed by atoms with van der Waals surface area (Å²) in [5.74, 6) is -0.258.